The van der Waals surface area contributed by atoms with Crippen LogP contribution in [0, 0.1) is 0 Å². The van der Waals surface area contributed by atoms with Gasteiger partial charge in [0.1, 0.15) is 12.6 Å². The van der Waals surface area contributed by atoms with Crippen LogP contribution in [0.2, 0.25) is 0 Å². The van der Waals surface area contributed by atoms with Crippen molar-refractivity contribution in [1.29, 1.82) is 0 Å². The molecule has 0 amide bonds. The zero-order valence-corrected chi connectivity index (χ0v) is 16.4. The van der Waals surface area contributed by atoms with Crippen LogP contribution in [-0.2, 0) is 24.4 Å². The number of hydrogen-bond donors (Lipinski definition) is 2. The van der Waals surface area contributed by atoms with Crippen molar-refractivity contribution < 1.29 is 19.4 Å². The van der Waals surface area contributed by atoms with Crippen LogP contribution in [0.5, 0.6) is 11.5 Å². The van der Waals surface area contributed by atoms with Gasteiger partial charge in [-0.25, -0.2) is 0 Å². The lowest BCUT2D eigenvalue weighted by molar-refractivity contribution is -0.139. The van der Waals surface area contributed by atoms with E-state index in [0.717, 1.165) is 16.7 Å². The lowest BCUT2D eigenvalue weighted by Crippen LogP contribution is -2.38. The molecule has 2 N–H and O–H groups in total. The van der Waals surface area contributed by atoms with E-state index in [1.807, 2.05) is 78.9 Å². The van der Waals surface area contributed by atoms with Gasteiger partial charge < -0.3 is 19.9 Å². The summed E-state index contributed by atoms with van der Waals surface area (Å²) >= 11 is 0. The maximum absolute atomic E-state index is 11.6. The Hall–Kier alpha value is -3.31. The van der Waals surface area contributed by atoms with Crippen molar-refractivity contribution in [3.8, 4) is 11.5 Å². The Bertz CT molecular complexity index is 913. The third-order valence-corrected chi connectivity index (χ3v) is 4.60. The molecular weight excluding hydrogens is 366 g/mol. The highest BCUT2D eigenvalue weighted by Gasteiger charge is 2.17. The van der Waals surface area contributed by atoms with Crippen LogP contribution in [0.4, 0.5) is 0 Å². The fraction of sp³-hybridized carbons (Fsp3) is 0.208. The van der Waals surface area contributed by atoms with Gasteiger partial charge in [0, 0.05) is 6.54 Å². The van der Waals surface area contributed by atoms with E-state index in [-0.39, 0.29) is 0 Å². The van der Waals surface area contributed by atoms with Gasteiger partial charge >= 0.3 is 5.97 Å². The van der Waals surface area contributed by atoms with Crippen molar-refractivity contribution in [1.82, 2.24) is 5.32 Å². The summed E-state index contributed by atoms with van der Waals surface area (Å²) in [7, 11) is 1.59. The molecule has 3 aromatic carbocycles. The van der Waals surface area contributed by atoms with Crippen molar-refractivity contribution in [3.05, 3.63) is 95.6 Å². The molecule has 3 aromatic rings. The highest BCUT2D eigenvalue weighted by Crippen LogP contribution is 2.29. The summed E-state index contributed by atoms with van der Waals surface area (Å²) in [5.74, 6) is 0.401. The van der Waals surface area contributed by atoms with E-state index in [0.29, 0.717) is 31.1 Å². The molecule has 0 aliphatic rings. The first kappa shape index (κ1) is 20.4. The minimum Gasteiger partial charge on any atom is -0.493 e. The van der Waals surface area contributed by atoms with E-state index in [2.05, 4.69) is 5.32 Å². The van der Waals surface area contributed by atoms with Gasteiger partial charge in [-0.1, -0.05) is 66.7 Å². The SMILES string of the molecule is COc1cc(CNC(Cc2ccccc2)C(=O)O)ccc1OCc1ccccc1. The molecule has 0 aliphatic carbocycles. The molecule has 1 unspecified atom stereocenters. The number of methoxy groups -OCH3 is 1. The van der Waals surface area contributed by atoms with Gasteiger partial charge in [-0.3, -0.25) is 4.79 Å². The molecule has 3 rings (SSSR count). The summed E-state index contributed by atoms with van der Waals surface area (Å²) in [6, 6.07) is 24.5. The van der Waals surface area contributed by atoms with E-state index in [1.165, 1.54) is 0 Å². The third-order valence-electron chi connectivity index (χ3n) is 4.60. The Labute approximate surface area is 170 Å². The molecule has 29 heavy (non-hydrogen) atoms. The molecule has 0 aromatic heterocycles. The number of carbonyl (C=O) groups is 1. The van der Waals surface area contributed by atoms with Crippen LogP contribution in [0.25, 0.3) is 0 Å². The van der Waals surface area contributed by atoms with E-state index in [4.69, 9.17) is 9.47 Å². The second-order valence-electron chi connectivity index (χ2n) is 6.72. The topological polar surface area (TPSA) is 67.8 Å². The number of rotatable bonds is 10. The highest BCUT2D eigenvalue weighted by atomic mass is 16.5. The lowest BCUT2D eigenvalue weighted by Gasteiger charge is -2.16. The van der Waals surface area contributed by atoms with E-state index >= 15 is 0 Å². The van der Waals surface area contributed by atoms with Crippen LogP contribution in [0.3, 0.4) is 0 Å². The molecule has 0 aliphatic heterocycles. The standard InChI is InChI=1S/C24H25NO4/c1-28-23-15-20(12-13-22(23)29-17-19-10-6-3-7-11-19)16-25-21(24(26)27)14-18-8-4-2-5-9-18/h2-13,15,21,25H,14,16-17H2,1H3,(H,26,27). The van der Waals surface area contributed by atoms with Gasteiger partial charge in [0.15, 0.2) is 11.5 Å². The smallest absolute Gasteiger partial charge is 0.321 e. The van der Waals surface area contributed by atoms with Gasteiger partial charge in [-0.2, -0.15) is 0 Å². The monoisotopic (exact) mass is 391 g/mol. The van der Waals surface area contributed by atoms with Crippen molar-refractivity contribution in [3.63, 3.8) is 0 Å². The second kappa shape index (κ2) is 10.3. The number of ether oxygens (including phenoxy) is 2. The summed E-state index contributed by atoms with van der Waals surface area (Å²) in [5, 5.41) is 12.6. The second-order valence-corrected chi connectivity index (χ2v) is 6.72. The van der Waals surface area contributed by atoms with Crippen LogP contribution in [-0.4, -0.2) is 24.2 Å². The molecule has 1 atom stereocenters. The minimum atomic E-state index is -0.872. The summed E-state index contributed by atoms with van der Waals surface area (Å²) in [6.45, 7) is 0.867. The predicted octanol–water partition coefficient (Wildman–Crippen LogP) is 4.06. The van der Waals surface area contributed by atoms with E-state index in [1.54, 1.807) is 7.11 Å². The van der Waals surface area contributed by atoms with Crippen molar-refractivity contribution in [2.75, 3.05) is 7.11 Å². The molecule has 0 saturated carbocycles. The normalized spacial score (nSPS) is 11.6. The molecule has 0 spiro atoms. The molecule has 5 heteroatoms. The van der Waals surface area contributed by atoms with Crippen molar-refractivity contribution >= 4 is 5.97 Å². The molecular formula is C24H25NO4. The van der Waals surface area contributed by atoms with Gasteiger partial charge in [0.25, 0.3) is 0 Å². The fourth-order valence-electron chi connectivity index (χ4n) is 3.01. The average molecular weight is 391 g/mol. The Morgan fingerprint density at radius 1 is 0.897 bits per heavy atom. The average Bonchev–Trinajstić information content (AvgIpc) is 2.76. The molecule has 0 saturated heterocycles. The fourth-order valence-corrected chi connectivity index (χ4v) is 3.01. The van der Waals surface area contributed by atoms with Gasteiger partial charge in [-0.05, 0) is 35.2 Å². The van der Waals surface area contributed by atoms with Gasteiger partial charge in [0.05, 0.1) is 7.11 Å². The zero-order chi connectivity index (χ0) is 20.5. The number of nitrogens with one attached hydrogen (secondary N) is 1. The van der Waals surface area contributed by atoms with Crippen LogP contribution in [0.1, 0.15) is 16.7 Å². The van der Waals surface area contributed by atoms with Crippen molar-refractivity contribution in [2.45, 2.75) is 25.6 Å². The summed E-state index contributed by atoms with van der Waals surface area (Å²) in [6.07, 6.45) is 0.422. The van der Waals surface area contributed by atoms with Crippen LogP contribution >= 0.6 is 0 Å². The number of aliphatic carboxylic acids is 1. The minimum absolute atomic E-state index is 0.416. The molecule has 0 fully saturated rings. The first-order valence-electron chi connectivity index (χ1n) is 9.49. The molecule has 0 bridgehead atoms. The summed E-state index contributed by atoms with van der Waals surface area (Å²) in [5.41, 5.74) is 2.98. The highest BCUT2D eigenvalue weighted by molar-refractivity contribution is 5.73. The lowest BCUT2D eigenvalue weighted by atomic mass is 10.1. The Balaban J connectivity index is 1.62. The molecule has 0 radical (unpaired) electrons. The zero-order valence-electron chi connectivity index (χ0n) is 16.4. The van der Waals surface area contributed by atoms with Crippen molar-refractivity contribution in [2.24, 2.45) is 0 Å². The maximum Gasteiger partial charge on any atom is 0.321 e. The summed E-state index contributed by atoms with van der Waals surface area (Å²) in [4.78, 5) is 11.6. The van der Waals surface area contributed by atoms with E-state index < -0.39 is 12.0 Å². The third kappa shape index (κ3) is 6.09. The van der Waals surface area contributed by atoms with Crippen LogP contribution < -0.4 is 14.8 Å². The quantitative estimate of drug-likeness (QED) is 0.546. The summed E-state index contributed by atoms with van der Waals surface area (Å²) < 4.78 is 11.3. The van der Waals surface area contributed by atoms with Gasteiger partial charge in [-0.15, -0.1) is 0 Å². The Morgan fingerprint density at radius 2 is 1.55 bits per heavy atom. The largest absolute Gasteiger partial charge is 0.493 e. The number of carboxylic acid groups (broad SMARTS) is 1. The van der Waals surface area contributed by atoms with Gasteiger partial charge in [0.2, 0.25) is 0 Å². The van der Waals surface area contributed by atoms with E-state index in [9.17, 15) is 9.90 Å². The number of hydrogen-bond acceptors (Lipinski definition) is 4. The Kier molecular flexibility index (Phi) is 7.25. The molecule has 5 nitrogen and oxygen atoms in total. The molecule has 150 valence electrons. The first-order chi connectivity index (χ1) is 14.2. The Morgan fingerprint density at radius 3 is 2.17 bits per heavy atom. The molecule has 0 heterocycles. The maximum atomic E-state index is 11.6. The number of carboxylic acids is 1. The number of benzene rings is 3. The van der Waals surface area contributed by atoms with Crippen LogP contribution in [0.15, 0.2) is 78.9 Å². The predicted molar refractivity (Wildman–Crippen MR) is 112 cm³/mol. The first-order valence-corrected chi connectivity index (χ1v) is 9.49.